The van der Waals surface area contributed by atoms with Crippen LogP contribution in [0.3, 0.4) is 0 Å². The molecule has 1 unspecified atom stereocenters. The van der Waals surface area contributed by atoms with E-state index in [2.05, 4.69) is 36.5 Å². The molecule has 1 fully saturated rings. The molecular weight excluding hydrogens is 272 g/mol. The minimum Gasteiger partial charge on any atom is -0.343 e. The maximum Gasteiger partial charge on any atom is 0.224 e. The Balaban J connectivity index is 0.00000200. The van der Waals surface area contributed by atoms with Crippen molar-refractivity contribution in [2.75, 3.05) is 19.6 Å². The third-order valence-electron chi connectivity index (χ3n) is 3.83. The van der Waals surface area contributed by atoms with Crippen molar-refractivity contribution in [3.63, 3.8) is 0 Å². The van der Waals surface area contributed by atoms with E-state index < -0.39 is 0 Å². The molecule has 112 valence electrons. The maximum atomic E-state index is 12.2. The summed E-state index contributed by atoms with van der Waals surface area (Å²) in [4.78, 5) is 14.2. The minimum atomic E-state index is 0. The van der Waals surface area contributed by atoms with Crippen molar-refractivity contribution in [3.8, 4) is 0 Å². The van der Waals surface area contributed by atoms with E-state index >= 15 is 0 Å². The first-order chi connectivity index (χ1) is 9.29. The van der Waals surface area contributed by atoms with Crippen LogP contribution in [0.2, 0.25) is 0 Å². The Morgan fingerprint density at radius 1 is 1.35 bits per heavy atom. The lowest BCUT2D eigenvalue weighted by Gasteiger charge is -2.22. The van der Waals surface area contributed by atoms with E-state index in [0.717, 1.165) is 32.5 Å². The molecule has 1 N–H and O–H groups in total. The normalized spacial score (nSPS) is 17.6. The van der Waals surface area contributed by atoms with Crippen LogP contribution in [-0.4, -0.2) is 36.5 Å². The summed E-state index contributed by atoms with van der Waals surface area (Å²) >= 11 is 0. The summed E-state index contributed by atoms with van der Waals surface area (Å²) in [7, 11) is 0. The molecule has 1 amide bonds. The number of nitrogens with zero attached hydrogens (tertiary/aromatic N) is 1. The molecular formula is C16H25ClN2O. The number of carbonyl (C=O) groups excluding carboxylic acids is 1. The third-order valence-corrected chi connectivity index (χ3v) is 3.83. The molecule has 0 aliphatic carbocycles. The molecule has 0 aromatic heterocycles. The Bertz CT molecular complexity index is 391. The minimum absolute atomic E-state index is 0. The number of benzene rings is 1. The van der Waals surface area contributed by atoms with Gasteiger partial charge in [0.05, 0.1) is 0 Å². The lowest BCUT2D eigenvalue weighted by Crippen LogP contribution is -2.37. The molecule has 0 radical (unpaired) electrons. The Morgan fingerprint density at radius 2 is 2.10 bits per heavy atom. The highest BCUT2D eigenvalue weighted by atomic mass is 35.5. The Hall–Kier alpha value is -1.06. The van der Waals surface area contributed by atoms with Gasteiger partial charge in [0, 0.05) is 25.6 Å². The number of rotatable bonds is 6. The van der Waals surface area contributed by atoms with Crippen molar-refractivity contribution < 1.29 is 4.79 Å². The number of nitrogens with one attached hydrogen (secondary N) is 1. The van der Waals surface area contributed by atoms with Crippen molar-refractivity contribution >= 4 is 18.3 Å². The van der Waals surface area contributed by atoms with Crippen LogP contribution in [0.15, 0.2) is 30.3 Å². The molecule has 0 saturated carbocycles. The highest BCUT2D eigenvalue weighted by Gasteiger charge is 2.20. The van der Waals surface area contributed by atoms with Crippen LogP contribution in [0.5, 0.6) is 0 Å². The van der Waals surface area contributed by atoms with Crippen molar-refractivity contribution in [3.05, 3.63) is 35.9 Å². The van der Waals surface area contributed by atoms with E-state index in [4.69, 9.17) is 0 Å². The summed E-state index contributed by atoms with van der Waals surface area (Å²) in [5, 5.41) is 3.39. The Kier molecular flexibility index (Phi) is 7.63. The van der Waals surface area contributed by atoms with Crippen molar-refractivity contribution in [1.82, 2.24) is 10.2 Å². The van der Waals surface area contributed by atoms with E-state index in [-0.39, 0.29) is 18.3 Å². The number of hydrogen-bond donors (Lipinski definition) is 1. The first-order valence-corrected chi connectivity index (χ1v) is 7.34. The summed E-state index contributed by atoms with van der Waals surface area (Å²) in [6, 6.07) is 10.8. The average molecular weight is 297 g/mol. The van der Waals surface area contributed by atoms with Gasteiger partial charge in [0.25, 0.3) is 0 Å². The van der Waals surface area contributed by atoms with E-state index in [0.29, 0.717) is 12.5 Å². The van der Waals surface area contributed by atoms with Crippen LogP contribution in [0.1, 0.15) is 31.7 Å². The zero-order valence-corrected chi connectivity index (χ0v) is 13.0. The number of amides is 1. The first kappa shape index (κ1) is 17.0. The molecule has 1 aliphatic rings. The SMILES string of the molecule is CCN(CCc1ccccc1)C(=O)CC1CCCN1.Cl. The van der Waals surface area contributed by atoms with Crippen LogP contribution < -0.4 is 5.32 Å². The van der Waals surface area contributed by atoms with E-state index in [1.165, 1.54) is 12.0 Å². The molecule has 1 saturated heterocycles. The monoisotopic (exact) mass is 296 g/mol. The largest absolute Gasteiger partial charge is 0.343 e. The van der Waals surface area contributed by atoms with Gasteiger partial charge < -0.3 is 10.2 Å². The summed E-state index contributed by atoms with van der Waals surface area (Å²) in [5.74, 6) is 0.290. The molecule has 4 heteroatoms. The van der Waals surface area contributed by atoms with Gasteiger partial charge in [-0.05, 0) is 38.3 Å². The fourth-order valence-corrected chi connectivity index (χ4v) is 2.64. The van der Waals surface area contributed by atoms with Gasteiger partial charge in [0.2, 0.25) is 5.91 Å². The lowest BCUT2D eigenvalue weighted by molar-refractivity contribution is -0.131. The van der Waals surface area contributed by atoms with Gasteiger partial charge in [-0.3, -0.25) is 4.79 Å². The standard InChI is InChI=1S/C16H24N2O.ClH/c1-2-18(12-10-14-7-4-3-5-8-14)16(19)13-15-9-6-11-17-15;/h3-5,7-8,15,17H,2,6,9-13H2,1H3;1H. The first-order valence-electron chi connectivity index (χ1n) is 7.34. The predicted molar refractivity (Wildman–Crippen MR) is 85.3 cm³/mol. The highest BCUT2D eigenvalue weighted by molar-refractivity contribution is 5.85. The van der Waals surface area contributed by atoms with Gasteiger partial charge in [0.1, 0.15) is 0 Å². The Labute approximate surface area is 128 Å². The van der Waals surface area contributed by atoms with Gasteiger partial charge in [-0.2, -0.15) is 0 Å². The molecule has 1 aliphatic heterocycles. The molecule has 3 nitrogen and oxygen atoms in total. The Morgan fingerprint density at radius 3 is 2.70 bits per heavy atom. The number of likely N-dealkylation sites (N-methyl/N-ethyl adjacent to an activating group) is 1. The average Bonchev–Trinajstić information content (AvgIpc) is 2.93. The lowest BCUT2D eigenvalue weighted by atomic mass is 10.1. The third kappa shape index (κ3) is 5.14. The van der Waals surface area contributed by atoms with Crippen LogP contribution in [0, 0.1) is 0 Å². The highest BCUT2D eigenvalue weighted by Crippen LogP contribution is 2.11. The quantitative estimate of drug-likeness (QED) is 0.875. The fourth-order valence-electron chi connectivity index (χ4n) is 2.64. The summed E-state index contributed by atoms with van der Waals surface area (Å²) in [5.41, 5.74) is 1.30. The molecule has 1 aromatic rings. The summed E-state index contributed by atoms with van der Waals surface area (Å²) in [6.07, 6.45) is 3.94. The molecule has 2 rings (SSSR count). The predicted octanol–water partition coefficient (Wildman–Crippen LogP) is 2.64. The fraction of sp³-hybridized carbons (Fsp3) is 0.562. The molecule has 1 aromatic carbocycles. The van der Waals surface area contributed by atoms with Crippen LogP contribution >= 0.6 is 12.4 Å². The van der Waals surface area contributed by atoms with Gasteiger partial charge in [-0.1, -0.05) is 30.3 Å². The topological polar surface area (TPSA) is 32.3 Å². The van der Waals surface area contributed by atoms with Crippen LogP contribution in [-0.2, 0) is 11.2 Å². The van der Waals surface area contributed by atoms with E-state index in [1.54, 1.807) is 0 Å². The van der Waals surface area contributed by atoms with Gasteiger partial charge in [0.15, 0.2) is 0 Å². The molecule has 1 atom stereocenters. The number of hydrogen-bond acceptors (Lipinski definition) is 2. The van der Waals surface area contributed by atoms with Crippen molar-refractivity contribution in [1.29, 1.82) is 0 Å². The van der Waals surface area contributed by atoms with Crippen LogP contribution in [0.4, 0.5) is 0 Å². The zero-order chi connectivity index (χ0) is 13.5. The van der Waals surface area contributed by atoms with Gasteiger partial charge >= 0.3 is 0 Å². The van der Waals surface area contributed by atoms with Crippen molar-refractivity contribution in [2.24, 2.45) is 0 Å². The second kappa shape index (κ2) is 8.98. The van der Waals surface area contributed by atoms with Gasteiger partial charge in [-0.25, -0.2) is 0 Å². The zero-order valence-electron chi connectivity index (χ0n) is 12.2. The number of halogens is 1. The van der Waals surface area contributed by atoms with Crippen molar-refractivity contribution in [2.45, 2.75) is 38.6 Å². The molecule has 0 spiro atoms. The second-order valence-electron chi connectivity index (χ2n) is 5.21. The van der Waals surface area contributed by atoms with Gasteiger partial charge in [-0.15, -0.1) is 12.4 Å². The molecule has 20 heavy (non-hydrogen) atoms. The van der Waals surface area contributed by atoms with E-state index in [1.807, 2.05) is 11.0 Å². The smallest absolute Gasteiger partial charge is 0.224 e. The summed E-state index contributed by atoms with van der Waals surface area (Å²) < 4.78 is 0. The van der Waals surface area contributed by atoms with Crippen LogP contribution in [0.25, 0.3) is 0 Å². The second-order valence-corrected chi connectivity index (χ2v) is 5.21. The number of carbonyl (C=O) groups is 1. The van der Waals surface area contributed by atoms with E-state index in [9.17, 15) is 4.79 Å². The molecule has 0 bridgehead atoms. The molecule has 1 heterocycles. The summed E-state index contributed by atoms with van der Waals surface area (Å²) in [6.45, 7) is 4.75. The maximum absolute atomic E-state index is 12.2.